The van der Waals surface area contributed by atoms with Crippen LogP contribution in [0.25, 0.3) is 0 Å². The van der Waals surface area contributed by atoms with E-state index in [0.717, 1.165) is 6.42 Å². The van der Waals surface area contributed by atoms with Crippen LogP contribution in [0.15, 0.2) is 24.3 Å². The summed E-state index contributed by atoms with van der Waals surface area (Å²) in [5.74, 6) is 0. The molecule has 2 aliphatic rings. The van der Waals surface area contributed by atoms with Gasteiger partial charge in [0, 0.05) is 0 Å². The predicted octanol–water partition coefficient (Wildman–Crippen LogP) is 1.55. The Morgan fingerprint density at radius 2 is 2.08 bits per heavy atom. The Morgan fingerprint density at radius 3 is 2.85 bits per heavy atom. The van der Waals surface area contributed by atoms with Crippen molar-refractivity contribution in [2.24, 2.45) is 0 Å². The van der Waals surface area contributed by atoms with E-state index in [2.05, 4.69) is 17.6 Å². The van der Waals surface area contributed by atoms with Gasteiger partial charge in [-0.3, -0.25) is 0 Å². The van der Waals surface area contributed by atoms with Gasteiger partial charge in [-0.05, 0) is 17.5 Å². The van der Waals surface area contributed by atoms with E-state index in [1.54, 1.807) is 0 Å². The van der Waals surface area contributed by atoms with E-state index in [-0.39, 0.29) is 18.2 Å². The molecule has 3 unspecified atom stereocenters. The zero-order chi connectivity index (χ0) is 8.84. The highest BCUT2D eigenvalue weighted by atomic mass is 16.5. The molecule has 0 saturated carbocycles. The summed E-state index contributed by atoms with van der Waals surface area (Å²) in [6.45, 7) is 0. The van der Waals surface area contributed by atoms with Gasteiger partial charge in [0.25, 0.3) is 0 Å². The Morgan fingerprint density at radius 1 is 1.31 bits per heavy atom. The van der Waals surface area contributed by atoms with E-state index in [9.17, 15) is 0 Å². The first-order chi connectivity index (χ1) is 6.40. The minimum absolute atomic E-state index is 0.0474. The third-order valence-corrected chi connectivity index (χ3v) is 2.96. The molecule has 0 aliphatic carbocycles. The van der Waals surface area contributed by atoms with Crippen molar-refractivity contribution < 1.29 is 9.94 Å². The first-order valence-electron chi connectivity index (χ1n) is 4.54. The van der Waals surface area contributed by atoms with Gasteiger partial charge in [-0.2, -0.15) is 5.48 Å². The summed E-state index contributed by atoms with van der Waals surface area (Å²) in [7, 11) is 0. The van der Waals surface area contributed by atoms with Crippen LogP contribution in [-0.4, -0.2) is 11.2 Å². The standard InChI is InChI=1S/C10H11NO2/c12-11-8-5-9-6-3-1-2-4-7(6)10(8)13-9/h1-4,8-12H,5H2. The molecule has 1 saturated heterocycles. The Labute approximate surface area is 76.3 Å². The molecule has 3 atom stereocenters. The van der Waals surface area contributed by atoms with Crippen molar-refractivity contribution in [3.05, 3.63) is 35.4 Å². The average Bonchev–Trinajstić information content (AvgIpc) is 2.75. The molecule has 68 valence electrons. The molecule has 3 heteroatoms. The number of benzene rings is 1. The normalized spacial score (nSPS) is 35.0. The summed E-state index contributed by atoms with van der Waals surface area (Å²) in [4.78, 5) is 0. The fraction of sp³-hybridized carbons (Fsp3) is 0.400. The Kier molecular flexibility index (Phi) is 1.47. The molecule has 1 aromatic rings. The van der Waals surface area contributed by atoms with Gasteiger partial charge in [-0.25, -0.2) is 0 Å². The summed E-state index contributed by atoms with van der Waals surface area (Å²) in [5, 5.41) is 8.88. The molecule has 2 heterocycles. The highest BCUT2D eigenvalue weighted by Gasteiger charge is 2.44. The fourth-order valence-corrected chi connectivity index (χ4v) is 2.36. The van der Waals surface area contributed by atoms with Crippen LogP contribution < -0.4 is 5.48 Å². The topological polar surface area (TPSA) is 41.5 Å². The second kappa shape index (κ2) is 2.54. The lowest BCUT2D eigenvalue weighted by Crippen LogP contribution is -2.30. The summed E-state index contributed by atoms with van der Waals surface area (Å²) in [6.07, 6.45) is 1.11. The minimum atomic E-state index is 0.0474. The van der Waals surface area contributed by atoms with Gasteiger partial charge >= 0.3 is 0 Å². The zero-order valence-electron chi connectivity index (χ0n) is 7.10. The molecule has 2 N–H and O–H groups in total. The zero-order valence-corrected chi connectivity index (χ0v) is 7.10. The summed E-state index contributed by atoms with van der Waals surface area (Å²) in [5.41, 5.74) is 4.83. The first-order valence-corrected chi connectivity index (χ1v) is 4.54. The Balaban J connectivity index is 2.07. The quantitative estimate of drug-likeness (QED) is 0.639. The van der Waals surface area contributed by atoms with E-state index < -0.39 is 0 Å². The Hall–Kier alpha value is -0.900. The van der Waals surface area contributed by atoms with E-state index >= 15 is 0 Å². The van der Waals surface area contributed by atoms with Crippen LogP contribution in [0.3, 0.4) is 0 Å². The van der Waals surface area contributed by atoms with Gasteiger partial charge in [0.2, 0.25) is 0 Å². The summed E-state index contributed by atoms with van der Waals surface area (Å²) in [6, 6.07) is 8.29. The lowest BCUT2D eigenvalue weighted by Gasteiger charge is -2.19. The van der Waals surface area contributed by atoms with E-state index in [0.29, 0.717) is 0 Å². The smallest absolute Gasteiger partial charge is 0.101 e. The molecule has 1 aromatic carbocycles. The monoisotopic (exact) mass is 177 g/mol. The van der Waals surface area contributed by atoms with Crippen molar-refractivity contribution in [2.75, 3.05) is 0 Å². The number of hydrogen-bond donors (Lipinski definition) is 2. The molecular formula is C10H11NO2. The lowest BCUT2D eigenvalue weighted by molar-refractivity contribution is 0.0394. The number of rotatable bonds is 1. The van der Waals surface area contributed by atoms with Crippen LogP contribution in [0.4, 0.5) is 0 Å². The third kappa shape index (κ3) is 0.892. The molecule has 13 heavy (non-hydrogen) atoms. The third-order valence-electron chi connectivity index (χ3n) is 2.96. The van der Waals surface area contributed by atoms with Crippen LogP contribution in [0, 0.1) is 0 Å². The molecule has 0 amide bonds. The van der Waals surface area contributed by atoms with Gasteiger partial charge in [0.05, 0.1) is 12.1 Å². The molecule has 0 radical (unpaired) electrons. The second-order valence-corrected chi connectivity index (χ2v) is 3.65. The number of fused-ring (bicyclic) bond motifs is 5. The van der Waals surface area contributed by atoms with Gasteiger partial charge in [-0.1, -0.05) is 24.3 Å². The van der Waals surface area contributed by atoms with Crippen molar-refractivity contribution in [3.63, 3.8) is 0 Å². The number of hydroxylamine groups is 1. The fourth-order valence-electron chi connectivity index (χ4n) is 2.36. The van der Waals surface area contributed by atoms with E-state index in [1.165, 1.54) is 11.1 Å². The van der Waals surface area contributed by atoms with Crippen LogP contribution in [0.1, 0.15) is 29.8 Å². The van der Waals surface area contributed by atoms with Crippen LogP contribution in [-0.2, 0) is 4.74 Å². The van der Waals surface area contributed by atoms with Gasteiger partial charge < -0.3 is 9.94 Å². The SMILES string of the molecule is ONC1CC2OC1c1ccccc12. The highest BCUT2D eigenvalue weighted by Crippen LogP contribution is 2.50. The number of nitrogens with one attached hydrogen (secondary N) is 1. The maximum atomic E-state index is 8.88. The van der Waals surface area contributed by atoms with Crippen molar-refractivity contribution in [3.8, 4) is 0 Å². The molecule has 3 rings (SSSR count). The molecule has 0 spiro atoms. The van der Waals surface area contributed by atoms with Crippen LogP contribution in [0.5, 0.6) is 0 Å². The van der Waals surface area contributed by atoms with Gasteiger partial charge in [0.1, 0.15) is 6.10 Å². The van der Waals surface area contributed by atoms with Crippen molar-refractivity contribution in [2.45, 2.75) is 24.7 Å². The average molecular weight is 177 g/mol. The van der Waals surface area contributed by atoms with Crippen LogP contribution >= 0.6 is 0 Å². The molecule has 0 aromatic heterocycles. The maximum absolute atomic E-state index is 8.88. The van der Waals surface area contributed by atoms with Crippen molar-refractivity contribution in [1.29, 1.82) is 0 Å². The minimum Gasteiger partial charge on any atom is -0.364 e. The van der Waals surface area contributed by atoms with E-state index in [4.69, 9.17) is 9.94 Å². The molecule has 2 aliphatic heterocycles. The highest BCUT2D eigenvalue weighted by molar-refractivity contribution is 5.38. The van der Waals surface area contributed by atoms with E-state index in [1.807, 2.05) is 12.1 Å². The largest absolute Gasteiger partial charge is 0.364 e. The van der Waals surface area contributed by atoms with Crippen molar-refractivity contribution in [1.82, 2.24) is 5.48 Å². The van der Waals surface area contributed by atoms with Gasteiger partial charge in [0.15, 0.2) is 0 Å². The molecule has 2 bridgehead atoms. The second-order valence-electron chi connectivity index (χ2n) is 3.65. The summed E-state index contributed by atoms with van der Waals surface area (Å²) >= 11 is 0. The predicted molar refractivity (Wildman–Crippen MR) is 46.3 cm³/mol. The maximum Gasteiger partial charge on any atom is 0.101 e. The lowest BCUT2D eigenvalue weighted by atomic mass is 9.89. The summed E-state index contributed by atoms with van der Waals surface area (Å²) < 4.78 is 5.72. The number of hydrogen-bond acceptors (Lipinski definition) is 3. The van der Waals surface area contributed by atoms with Crippen LogP contribution in [0.2, 0.25) is 0 Å². The molecule has 1 fully saturated rings. The van der Waals surface area contributed by atoms with Gasteiger partial charge in [-0.15, -0.1) is 0 Å². The molecule has 3 nitrogen and oxygen atoms in total. The first kappa shape index (κ1) is 7.50. The van der Waals surface area contributed by atoms with Crippen molar-refractivity contribution >= 4 is 0 Å². The number of ether oxygens (including phenoxy) is 1. The Bertz CT molecular complexity index is 337. The molecular weight excluding hydrogens is 166 g/mol.